The lowest BCUT2D eigenvalue weighted by molar-refractivity contribution is 1.19. The molecule has 0 atom stereocenters. The second-order valence-corrected chi connectivity index (χ2v) is 2.64. The summed E-state index contributed by atoms with van der Waals surface area (Å²) in [5, 5.41) is 8.51. The van der Waals surface area contributed by atoms with Crippen LogP contribution < -0.4 is 5.73 Å². The molecule has 2 N–H and O–H groups in total. The van der Waals surface area contributed by atoms with Gasteiger partial charge in [-0.3, -0.25) is 0 Å². The molecule has 0 spiro atoms. The van der Waals surface area contributed by atoms with Crippen molar-refractivity contribution in [1.29, 1.82) is 5.26 Å². The lowest BCUT2D eigenvalue weighted by Crippen LogP contribution is -1.92. The van der Waals surface area contributed by atoms with E-state index in [1.54, 1.807) is 19.1 Å². The van der Waals surface area contributed by atoms with Crippen molar-refractivity contribution in [2.45, 2.75) is 20.3 Å². The minimum Gasteiger partial charge on any atom is -0.402 e. The van der Waals surface area contributed by atoms with Gasteiger partial charge in [0, 0.05) is 5.70 Å². The van der Waals surface area contributed by atoms with Crippen LogP contribution in [0.25, 0.3) is 0 Å². The molecular weight excluding hydrogens is 148 g/mol. The summed E-state index contributed by atoms with van der Waals surface area (Å²) < 4.78 is 0. The summed E-state index contributed by atoms with van der Waals surface area (Å²) >= 11 is 0. The molecule has 0 aromatic carbocycles. The third-order valence-corrected chi connectivity index (χ3v) is 1.48. The van der Waals surface area contributed by atoms with Crippen molar-refractivity contribution in [2.24, 2.45) is 5.73 Å². The van der Waals surface area contributed by atoms with Crippen LogP contribution in [0.1, 0.15) is 20.3 Å². The first-order valence-electron chi connectivity index (χ1n) is 3.74. The number of nitriles is 1. The summed E-state index contributed by atoms with van der Waals surface area (Å²) in [6.07, 6.45) is 3.92. The van der Waals surface area contributed by atoms with Crippen molar-refractivity contribution in [2.75, 3.05) is 0 Å². The zero-order valence-corrected chi connectivity index (χ0v) is 7.59. The number of nitrogens with two attached hydrogens (primary N) is 1. The highest BCUT2D eigenvalue weighted by atomic mass is 14.5. The van der Waals surface area contributed by atoms with Gasteiger partial charge in [-0.25, -0.2) is 0 Å². The standard InChI is InChI=1S/C10H14N2/c1-4-8(2)10(5-6-11)7-9(3)12/h4,7H,1,5,12H2,2-3H3/b9-7+,10-8-. The zero-order valence-electron chi connectivity index (χ0n) is 7.59. The van der Waals surface area contributed by atoms with Crippen LogP contribution in [0.3, 0.4) is 0 Å². The van der Waals surface area contributed by atoms with Gasteiger partial charge >= 0.3 is 0 Å². The number of hydrogen-bond acceptors (Lipinski definition) is 2. The maximum Gasteiger partial charge on any atom is 0.0669 e. The minimum atomic E-state index is 0.381. The van der Waals surface area contributed by atoms with Gasteiger partial charge in [0.1, 0.15) is 0 Å². The molecule has 2 nitrogen and oxygen atoms in total. The molecule has 0 fully saturated rings. The van der Waals surface area contributed by atoms with Gasteiger partial charge in [0.2, 0.25) is 0 Å². The molecule has 0 aliphatic rings. The Morgan fingerprint density at radius 3 is 2.50 bits per heavy atom. The molecule has 0 rings (SSSR count). The molecule has 0 aromatic heterocycles. The van der Waals surface area contributed by atoms with E-state index in [1.165, 1.54) is 0 Å². The predicted octanol–water partition coefficient (Wildman–Crippen LogP) is 2.27. The van der Waals surface area contributed by atoms with Gasteiger partial charge in [0.25, 0.3) is 0 Å². The molecule has 0 amide bonds. The Balaban J connectivity index is 4.81. The average Bonchev–Trinajstić information content (AvgIpc) is 2.01. The van der Waals surface area contributed by atoms with Crippen LogP contribution >= 0.6 is 0 Å². The summed E-state index contributed by atoms with van der Waals surface area (Å²) in [4.78, 5) is 0. The summed E-state index contributed by atoms with van der Waals surface area (Å²) in [5.41, 5.74) is 8.15. The molecule has 0 aliphatic carbocycles. The first-order chi connectivity index (χ1) is 5.61. The number of nitrogens with zero attached hydrogens (tertiary/aromatic N) is 1. The lowest BCUT2D eigenvalue weighted by atomic mass is 10.1. The quantitative estimate of drug-likeness (QED) is 0.647. The fourth-order valence-corrected chi connectivity index (χ4v) is 0.795. The molecule has 0 heterocycles. The van der Waals surface area contributed by atoms with E-state index in [-0.39, 0.29) is 0 Å². The van der Waals surface area contributed by atoms with Gasteiger partial charge in [-0.2, -0.15) is 5.26 Å². The van der Waals surface area contributed by atoms with Crippen molar-refractivity contribution in [1.82, 2.24) is 0 Å². The fraction of sp³-hybridized carbons (Fsp3) is 0.300. The van der Waals surface area contributed by atoms with Crippen molar-refractivity contribution >= 4 is 0 Å². The van der Waals surface area contributed by atoms with Crippen molar-refractivity contribution in [3.63, 3.8) is 0 Å². The van der Waals surface area contributed by atoms with Crippen LogP contribution in [0.5, 0.6) is 0 Å². The van der Waals surface area contributed by atoms with Gasteiger partial charge in [0.05, 0.1) is 12.5 Å². The molecule has 0 aromatic rings. The lowest BCUT2D eigenvalue weighted by Gasteiger charge is -2.00. The summed E-state index contributed by atoms with van der Waals surface area (Å²) in [6.45, 7) is 7.35. The zero-order chi connectivity index (χ0) is 9.56. The Kier molecular flexibility index (Phi) is 4.55. The van der Waals surface area contributed by atoms with E-state index in [2.05, 4.69) is 12.6 Å². The maximum absolute atomic E-state index is 8.51. The number of hydrogen-bond donors (Lipinski definition) is 1. The van der Waals surface area contributed by atoms with Crippen LogP contribution in [-0.2, 0) is 0 Å². The Morgan fingerprint density at radius 2 is 2.17 bits per heavy atom. The van der Waals surface area contributed by atoms with E-state index in [0.29, 0.717) is 12.1 Å². The highest BCUT2D eigenvalue weighted by Crippen LogP contribution is 2.11. The Labute approximate surface area is 73.7 Å². The minimum absolute atomic E-state index is 0.381. The SMILES string of the molecule is C=C/C(C)=C(\C=C(/C)N)CC#N. The first kappa shape index (κ1) is 10.5. The van der Waals surface area contributed by atoms with E-state index in [0.717, 1.165) is 11.1 Å². The molecule has 0 saturated carbocycles. The van der Waals surface area contributed by atoms with Crippen LogP contribution in [0.2, 0.25) is 0 Å². The van der Waals surface area contributed by atoms with Gasteiger partial charge < -0.3 is 5.73 Å². The van der Waals surface area contributed by atoms with Crippen molar-refractivity contribution < 1.29 is 0 Å². The molecule has 12 heavy (non-hydrogen) atoms. The fourth-order valence-electron chi connectivity index (χ4n) is 0.795. The maximum atomic E-state index is 8.51. The second kappa shape index (κ2) is 5.20. The summed E-state index contributed by atoms with van der Waals surface area (Å²) in [5.74, 6) is 0. The molecule has 0 unspecified atom stereocenters. The molecule has 0 saturated heterocycles. The largest absolute Gasteiger partial charge is 0.402 e. The van der Waals surface area contributed by atoms with Crippen LogP contribution in [-0.4, -0.2) is 0 Å². The van der Waals surface area contributed by atoms with Gasteiger partial charge in [-0.15, -0.1) is 0 Å². The van der Waals surface area contributed by atoms with Crippen LogP contribution in [0, 0.1) is 11.3 Å². The average molecular weight is 162 g/mol. The highest BCUT2D eigenvalue weighted by Gasteiger charge is 1.95. The number of rotatable bonds is 3. The molecular formula is C10H14N2. The normalized spacial score (nSPS) is 13.2. The monoisotopic (exact) mass is 162 g/mol. The molecule has 64 valence electrons. The Morgan fingerprint density at radius 1 is 1.58 bits per heavy atom. The van der Waals surface area contributed by atoms with E-state index in [1.807, 2.05) is 6.92 Å². The Bertz CT molecular complexity index is 260. The van der Waals surface area contributed by atoms with E-state index < -0.39 is 0 Å². The third-order valence-electron chi connectivity index (χ3n) is 1.48. The van der Waals surface area contributed by atoms with Crippen LogP contribution in [0.4, 0.5) is 0 Å². The van der Waals surface area contributed by atoms with Crippen molar-refractivity contribution in [3.8, 4) is 6.07 Å². The summed E-state index contributed by atoms with van der Waals surface area (Å²) in [6, 6.07) is 2.08. The van der Waals surface area contributed by atoms with E-state index >= 15 is 0 Å². The highest BCUT2D eigenvalue weighted by molar-refractivity contribution is 5.34. The summed E-state index contributed by atoms with van der Waals surface area (Å²) in [7, 11) is 0. The van der Waals surface area contributed by atoms with Gasteiger partial charge in [0.15, 0.2) is 0 Å². The first-order valence-corrected chi connectivity index (χ1v) is 3.74. The molecule has 0 bridgehead atoms. The molecule has 0 radical (unpaired) electrons. The predicted molar refractivity (Wildman–Crippen MR) is 51.1 cm³/mol. The van der Waals surface area contributed by atoms with E-state index in [9.17, 15) is 0 Å². The topological polar surface area (TPSA) is 49.8 Å². The molecule has 0 aliphatic heterocycles. The van der Waals surface area contributed by atoms with Crippen LogP contribution in [0.15, 0.2) is 35.6 Å². The smallest absolute Gasteiger partial charge is 0.0669 e. The van der Waals surface area contributed by atoms with Crippen molar-refractivity contribution in [3.05, 3.63) is 35.6 Å². The van der Waals surface area contributed by atoms with Gasteiger partial charge in [-0.05, 0) is 31.1 Å². The number of allylic oxidation sites excluding steroid dienone is 5. The van der Waals surface area contributed by atoms with E-state index in [4.69, 9.17) is 11.0 Å². The second-order valence-electron chi connectivity index (χ2n) is 2.64. The molecule has 2 heteroatoms. The van der Waals surface area contributed by atoms with Gasteiger partial charge in [-0.1, -0.05) is 12.7 Å². The third kappa shape index (κ3) is 3.62. The Hall–Kier alpha value is -1.49.